The molecule has 0 bridgehead atoms. The molecule has 2 aliphatic heterocycles. The van der Waals surface area contributed by atoms with Gasteiger partial charge in [-0.2, -0.15) is 0 Å². The van der Waals surface area contributed by atoms with E-state index in [-0.39, 0.29) is 12.1 Å². The summed E-state index contributed by atoms with van der Waals surface area (Å²) in [4.78, 5) is 16.5. The average molecular weight is 347 g/mol. The molecule has 2 atom stereocenters. The zero-order valence-corrected chi connectivity index (χ0v) is 15.2. The first-order valence-corrected chi connectivity index (χ1v) is 9.16. The zero-order chi connectivity index (χ0) is 17.6. The Morgan fingerprint density at radius 3 is 2.60 bits per heavy atom. The van der Waals surface area contributed by atoms with Crippen molar-refractivity contribution in [3.63, 3.8) is 0 Å². The number of morpholine rings is 2. The third-order valence-electron chi connectivity index (χ3n) is 4.69. The number of urea groups is 1. The first kappa shape index (κ1) is 18.2. The van der Waals surface area contributed by atoms with Gasteiger partial charge in [0.1, 0.15) is 0 Å². The minimum atomic E-state index is -0.0115. The summed E-state index contributed by atoms with van der Waals surface area (Å²) in [6, 6.07) is 8.45. The van der Waals surface area contributed by atoms with E-state index in [1.165, 1.54) is 5.56 Å². The lowest BCUT2D eigenvalue weighted by atomic mass is 10.1. The number of benzene rings is 1. The largest absolute Gasteiger partial charge is 0.376 e. The number of hydrogen-bond acceptors (Lipinski definition) is 4. The van der Waals surface area contributed by atoms with E-state index >= 15 is 0 Å². The van der Waals surface area contributed by atoms with Gasteiger partial charge in [0.2, 0.25) is 0 Å². The summed E-state index contributed by atoms with van der Waals surface area (Å²) in [5.74, 6) is 0. The lowest BCUT2D eigenvalue weighted by Crippen LogP contribution is -2.48. The fourth-order valence-corrected chi connectivity index (χ4v) is 3.42. The predicted molar refractivity (Wildman–Crippen MR) is 96.4 cm³/mol. The van der Waals surface area contributed by atoms with Crippen LogP contribution in [0.25, 0.3) is 0 Å². The molecule has 2 fully saturated rings. The van der Waals surface area contributed by atoms with Crippen molar-refractivity contribution in [2.75, 3.05) is 39.4 Å². The van der Waals surface area contributed by atoms with E-state index in [9.17, 15) is 4.79 Å². The van der Waals surface area contributed by atoms with Crippen molar-refractivity contribution in [1.29, 1.82) is 0 Å². The summed E-state index contributed by atoms with van der Waals surface area (Å²) in [7, 11) is 0. The van der Waals surface area contributed by atoms with Gasteiger partial charge in [-0.05, 0) is 25.0 Å². The normalized spacial score (nSPS) is 25.0. The van der Waals surface area contributed by atoms with Crippen molar-refractivity contribution in [2.45, 2.75) is 39.1 Å². The first-order chi connectivity index (χ1) is 12.1. The Bertz CT molecular complexity index is 581. The molecule has 0 spiro atoms. The van der Waals surface area contributed by atoms with Gasteiger partial charge in [0, 0.05) is 39.3 Å². The van der Waals surface area contributed by atoms with Gasteiger partial charge in [-0.1, -0.05) is 24.3 Å². The molecule has 2 heterocycles. The zero-order valence-electron chi connectivity index (χ0n) is 15.2. The molecular weight excluding hydrogens is 318 g/mol. The van der Waals surface area contributed by atoms with Crippen LogP contribution in [0.2, 0.25) is 0 Å². The molecule has 0 radical (unpaired) electrons. The van der Waals surface area contributed by atoms with Crippen LogP contribution in [0.15, 0.2) is 24.3 Å². The highest BCUT2D eigenvalue weighted by molar-refractivity contribution is 5.74. The van der Waals surface area contributed by atoms with Gasteiger partial charge in [-0.25, -0.2) is 4.79 Å². The number of carbonyl (C=O) groups excluding carboxylic acids is 1. The molecule has 1 aromatic rings. The minimum Gasteiger partial charge on any atom is -0.376 e. The number of ether oxygens (including phenoxy) is 2. The van der Waals surface area contributed by atoms with Crippen LogP contribution in [0.4, 0.5) is 4.79 Å². The van der Waals surface area contributed by atoms with E-state index in [0.717, 1.165) is 31.8 Å². The van der Waals surface area contributed by atoms with Crippen LogP contribution in [0, 0.1) is 0 Å². The van der Waals surface area contributed by atoms with Gasteiger partial charge in [-0.3, -0.25) is 4.90 Å². The highest BCUT2D eigenvalue weighted by Gasteiger charge is 2.21. The van der Waals surface area contributed by atoms with Gasteiger partial charge >= 0.3 is 6.03 Å². The van der Waals surface area contributed by atoms with E-state index < -0.39 is 0 Å². The summed E-state index contributed by atoms with van der Waals surface area (Å²) in [6.07, 6.45) is 0.408. The van der Waals surface area contributed by atoms with Crippen LogP contribution in [-0.4, -0.2) is 67.4 Å². The highest BCUT2D eigenvalue weighted by Crippen LogP contribution is 2.12. The third-order valence-corrected chi connectivity index (χ3v) is 4.69. The molecule has 2 amide bonds. The van der Waals surface area contributed by atoms with Crippen molar-refractivity contribution in [2.24, 2.45) is 0 Å². The standard InChI is InChI=1S/C19H29N3O3/c1-15-12-21(6-8-24-15)14-18-5-3-4-17(10-18)11-20-19(23)22-7-9-25-16(2)13-22/h3-5,10,15-16H,6-9,11-14H2,1-2H3,(H,20,23)/t15-,16+/m0/s1. The monoisotopic (exact) mass is 347 g/mol. The number of rotatable bonds is 4. The van der Waals surface area contributed by atoms with Crippen LogP contribution in [-0.2, 0) is 22.6 Å². The van der Waals surface area contributed by atoms with Crippen molar-refractivity contribution in [1.82, 2.24) is 15.1 Å². The number of hydrogen-bond donors (Lipinski definition) is 1. The Hall–Kier alpha value is -1.63. The van der Waals surface area contributed by atoms with Gasteiger partial charge in [0.15, 0.2) is 0 Å². The fourth-order valence-electron chi connectivity index (χ4n) is 3.42. The molecular formula is C19H29N3O3. The molecule has 0 aromatic heterocycles. The quantitative estimate of drug-likeness (QED) is 0.903. The molecule has 1 aromatic carbocycles. The van der Waals surface area contributed by atoms with Gasteiger partial charge in [-0.15, -0.1) is 0 Å². The average Bonchev–Trinajstić information content (AvgIpc) is 2.60. The molecule has 0 saturated carbocycles. The lowest BCUT2D eigenvalue weighted by molar-refractivity contribution is -0.0212. The number of nitrogens with zero attached hydrogens (tertiary/aromatic N) is 2. The van der Waals surface area contributed by atoms with Crippen molar-refractivity contribution in [3.8, 4) is 0 Å². The Labute approximate surface area is 150 Å². The molecule has 0 unspecified atom stereocenters. The molecule has 0 aliphatic carbocycles. The van der Waals surface area contributed by atoms with Crippen LogP contribution >= 0.6 is 0 Å². The maximum Gasteiger partial charge on any atom is 0.317 e. The second kappa shape index (κ2) is 8.65. The van der Waals surface area contributed by atoms with Crippen LogP contribution in [0.3, 0.4) is 0 Å². The molecule has 25 heavy (non-hydrogen) atoms. The summed E-state index contributed by atoms with van der Waals surface area (Å²) >= 11 is 0. The Balaban J connectivity index is 1.50. The van der Waals surface area contributed by atoms with E-state index in [1.54, 1.807) is 0 Å². The maximum atomic E-state index is 12.3. The predicted octanol–water partition coefficient (Wildman–Crippen LogP) is 1.84. The Kier molecular flexibility index (Phi) is 6.29. The molecule has 6 heteroatoms. The van der Waals surface area contributed by atoms with Gasteiger partial charge in [0.25, 0.3) is 0 Å². The van der Waals surface area contributed by atoms with E-state index in [2.05, 4.69) is 41.4 Å². The van der Waals surface area contributed by atoms with Crippen LogP contribution in [0.5, 0.6) is 0 Å². The molecule has 3 rings (SSSR count). The fraction of sp³-hybridized carbons (Fsp3) is 0.632. The third kappa shape index (κ3) is 5.42. The summed E-state index contributed by atoms with van der Waals surface area (Å²) in [5, 5.41) is 3.02. The van der Waals surface area contributed by atoms with Crippen molar-refractivity contribution in [3.05, 3.63) is 35.4 Å². The Morgan fingerprint density at radius 1 is 1.12 bits per heavy atom. The highest BCUT2D eigenvalue weighted by atomic mass is 16.5. The van der Waals surface area contributed by atoms with Gasteiger partial charge < -0.3 is 19.7 Å². The van der Waals surface area contributed by atoms with Crippen molar-refractivity contribution < 1.29 is 14.3 Å². The molecule has 1 N–H and O–H groups in total. The number of nitrogens with one attached hydrogen (secondary N) is 1. The van der Waals surface area contributed by atoms with Crippen LogP contribution < -0.4 is 5.32 Å². The second-order valence-corrected chi connectivity index (χ2v) is 7.02. The number of carbonyl (C=O) groups is 1. The first-order valence-electron chi connectivity index (χ1n) is 9.16. The second-order valence-electron chi connectivity index (χ2n) is 7.02. The SMILES string of the molecule is C[C@@H]1CN(C(=O)NCc2cccc(CN3CCO[C@@H](C)C3)c2)CCO1. The van der Waals surface area contributed by atoms with E-state index in [0.29, 0.717) is 32.3 Å². The van der Waals surface area contributed by atoms with E-state index in [1.807, 2.05) is 11.8 Å². The Morgan fingerprint density at radius 2 is 1.84 bits per heavy atom. The minimum absolute atomic E-state index is 0.0115. The topological polar surface area (TPSA) is 54.0 Å². The molecule has 138 valence electrons. The summed E-state index contributed by atoms with van der Waals surface area (Å²) < 4.78 is 11.1. The van der Waals surface area contributed by atoms with Gasteiger partial charge in [0.05, 0.1) is 25.4 Å². The van der Waals surface area contributed by atoms with Crippen LogP contribution in [0.1, 0.15) is 25.0 Å². The summed E-state index contributed by atoms with van der Waals surface area (Å²) in [5.41, 5.74) is 2.41. The maximum absolute atomic E-state index is 12.3. The number of amides is 2. The van der Waals surface area contributed by atoms with Crippen molar-refractivity contribution >= 4 is 6.03 Å². The molecule has 6 nitrogen and oxygen atoms in total. The molecule has 2 aliphatic rings. The van der Waals surface area contributed by atoms with E-state index in [4.69, 9.17) is 9.47 Å². The summed E-state index contributed by atoms with van der Waals surface area (Å²) in [6.45, 7) is 10.3. The smallest absolute Gasteiger partial charge is 0.317 e. The molecule has 2 saturated heterocycles. The lowest BCUT2D eigenvalue weighted by Gasteiger charge is -2.31.